The van der Waals surface area contributed by atoms with Crippen molar-refractivity contribution in [3.8, 4) is 0 Å². The summed E-state index contributed by atoms with van der Waals surface area (Å²) < 4.78 is 9.99. The predicted molar refractivity (Wildman–Crippen MR) is 79.7 cm³/mol. The Morgan fingerprint density at radius 3 is 2.36 bits per heavy atom. The van der Waals surface area contributed by atoms with Gasteiger partial charge in [-0.25, -0.2) is 14.4 Å². The van der Waals surface area contributed by atoms with Crippen LogP contribution in [0.5, 0.6) is 0 Å². The number of amides is 2. The molecule has 0 aliphatic rings. The lowest BCUT2D eigenvalue weighted by atomic mass is 10.2. The summed E-state index contributed by atoms with van der Waals surface area (Å²) in [6, 6.07) is 9.23. The van der Waals surface area contributed by atoms with Crippen molar-refractivity contribution >= 4 is 12.2 Å². The number of hydroxylamine groups is 1. The Bertz CT molecular complexity index is 484. The number of ether oxygens (including phenoxy) is 2. The van der Waals surface area contributed by atoms with Crippen LogP contribution in [0.3, 0.4) is 0 Å². The van der Waals surface area contributed by atoms with Gasteiger partial charge in [-0.3, -0.25) is 5.32 Å². The van der Waals surface area contributed by atoms with Crippen molar-refractivity contribution in [1.82, 2.24) is 10.8 Å². The van der Waals surface area contributed by atoms with Gasteiger partial charge in [0.1, 0.15) is 12.2 Å². The molecule has 7 nitrogen and oxygen atoms in total. The van der Waals surface area contributed by atoms with Crippen LogP contribution >= 0.6 is 0 Å². The van der Waals surface area contributed by atoms with Crippen LogP contribution in [0.15, 0.2) is 30.3 Å². The maximum Gasteiger partial charge on any atom is 0.431 e. The van der Waals surface area contributed by atoms with Crippen molar-refractivity contribution in [1.29, 1.82) is 0 Å². The lowest BCUT2D eigenvalue weighted by Gasteiger charge is -2.21. The molecule has 1 unspecified atom stereocenters. The Morgan fingerprint density at radius 2 is 1.77 bits per heavy atom. The normalized spacial score (nSPS) is 12.2. The van der Waals surface area contributed by atoms with Gasteiger partial charge < -0.3 is 9.47 Å². The molecule has 1 rings (SSSR count). The second kappa shape index (κ2) is 8.23. The van der Waals surface area contributed by atoms with E-state index in [0.29, 0.717) is 0 Å². The molecular formula is C15H22N2O5. The SMILES string of the molecule is CC(NC(=O)OC(C)(C)C)ONC(=O)OCc1ccccc1. The summed E-state index contributed by atoms with van der Waals surface area (Å²) in [7, 11) is 0. The lowest BCUT2D eigenvalue weighted by molar-refractivity contribution is -0.0364. The third-order valence-electron chi connectivity index (χ3n) is 2.25. The molecule has 0 saturated carbocycles. The molecule has 1 aromatic carbocycles. The quantitative estimate of drug-likeness (QED) is 0.645. The maximum atomic E-state index is 11.5. The van der Waals surface area contributed by atoms with Crippen LogP contribution in [0.4, 0.5) is 9.59 Å². The van der Waals surface area contributed by atoms with Gasteiger partial charge in [-0.1, -0.05) is 30.3 Å². The smallest absolute Gasteiger partial charge is 0.431 e. The largest absolute Gasteiger partial charge is 0.444 e. The second-order valence-electron chi connectivity index (χ2n) is 5.57. The lowest BCUT2D eigenvalue weighted by Crippen LogP contribution is -2.42. The van der Waals surface area contributed by atoms with E-state index in [-0.39, 0.29) is 6.61 Å². The molecule has 2 N–H and O–H groups in total. The summed E-state index contributed by atoms with van der Waals surface area (Å²) in [5.41, 5.74) is 2.34. The summed E-state index contributed by atoms with van der Waals surface area (Å²) in [6.07, 6.45) is -2.15. The van der Waals surface area contributed by atoms with Crippen LogP contribution in [0.2, 0.25) is 0 Å². The van der Waals surface area contributed by atoms with Gasteiger partial charge in [-0.2, -0.15) is 5.48 Å². The van der Waals surface area contributed by atoms with Crippen molar-refractivity contribution in [2.45, 2.75) is 46.1 Å². The topological polar surface area (TPSA) is 85.9 Å². The maximum absolute atomic E-state index is 11.5. The standard InChI is InChI=1S/C15H22N2O5/c1-11(16-13(18)21-15(2,3)4)22-17-14(19)20-10-12-8-6-5-7-9-12/h5-9,11H,10H2,1-4H3,(H,16,18)(H,17,19). The van der Waals surface area contributed by atoms with Gasteiger partial charge in [-0.15, -0.1) is 0 Å². The molecule has 0 aromatic heterocycles. The number of rotatable bonds is 5. The van der Waals surface area contributed by atoms with Gasteiger partial charge >= 0.3 is 12.2 Å². The summed E-state index contributed by atoms with van der Waals surface area (Å²) in [5, 5.41) is 2.41. The number of carbonyl (C=O) groups is 2. The summed E-state index contributed by atoms with van der Waals surface area (Å²) in [4.78, 5) is 27.8. The highest BCUT2D eigenvalue weighted by molar-refractivity contribution is 5.68. The van der Waals surface area contributed by atoms with Crippen molar-refractivity contribution in [3.63, 3.8) is 0 Å². The average molecular weight is 310 g/mol. The van der Waals surface area contributed by atoms with E-state index in [9.17, 15) is 9.59 Å². The molecule has 1 atom stereocenters. The van der Waals surface area contributed by atoms with E-state index in [1.54, 1.807) is 27.7 Å². The molecule has 0 saturated heterocycles. The monoisotopic (exact) mass is 310 g/mol. The average Bonchev–Trinajstić information content (AvgIpc) is 2.42. The van der Waals surface area contributed by atoms with Crippen molar-refractivity contribution in [2.24, 2.45) is 0 Å². The van der Waals surface area contributed by atoms with E-state index < -0.39 is 24.0 Å². The Morgan fingerprint density at radius 1 is 1.14 bits per heavy atom. The molecule has 7 heteroatoms. The third kappa shape index (κ3) is 8.11. The van der Waals surface area contributed by atoms with E-state index in [4.69, 9.17) is 14.3 Å². The number of hydrogen-bond acceptors (Lipinski definition) is 5. The molecule has 122 valence electrons. The van der Waals surface area contributed by atoms with E-state index in [1.165, 1.54) is 0 Å². The summed E-state index contributed by atoms with van der Waals surface area (Å²) >= 11 is 0. The van der Waals surface area contributed by atoms with Gasteiger partial charge in [-0.05, 0) is 33.3 Å². The molecule has 0 aliphatic heterocycles. The fourth-order valence-electron chi connectivity index (χ4n) is 1.39. The number of hydrogen-bond donors (Lipinski definition) is 2. The van der Waals surface area contributed by atoms with Crippen LogP contribution < -0.4 is 10.8 Å². The van der Waals surface area contributed by atoms with Crippen LogP contribution in [0.1, 0.15) is 33.3 Å². The Balaban J connectivity index is 2.21. The number of alkyl carbamates (subject to hydrolysis) is 1. The number of carbonyl (C=O) groups excluding carboxylic acids is 2. The second-order valence-corrected chi connectivity index (χ2v) is 5.57. The van der Waals surface area contributed by atoms with Crippen molar-refractivity contribution in [2.75, 3.05) is 0 Å². The van der Waals surface area contributed by atoms with Gasteiger partial charge in [0.15, 0.2) is 6.23 Å². The van der Waals surface area contributed by atoms with Crippen LogP contribution in [-0.4, -0.2) is 24.0 Å². The van der Waals surface area contributed by atoms with E-state index in [2.05, 4.69) is 10.8 Å². The first-order valence-corrected chi connectivity index (χ1v) is 6.88. The van der Waals surface area contributed by atoms with Gasteiger partial charge in [0.25, 0.3) is 0 Å². The predicted octanol–water partition coefficient (Wildman–Crippen LogP) is 2.72. The first-order valence-electron chi connectivity index (χ1n) is 6.88. The molecule has 2 amide bonds. The van der Waals surface area contributed by atoms with Crippen LogP contribution in [0, 0.1) is 0 Å². The number of nitrogens with one attached hydrogen (secondary N) is 2. The molecule has 0 bridgehead atoms. The molecule has 0 heterocycles. The zero-order valence-corrected chi connectivity index (χ0v) is 13.2. The summed E-state index contributed by atoms with van der Waals surface area (Å²) in [5.74, 6) is 0. The van der Waals surface area contributed by atoms with E-state index >= 15 is 0 Å². The van der Waals surface area contributed by atoms with Crippen LogP contribution in [0.25, 0.3) is 0 Å². The van der Waals surface area contributed by atoms with Gasteiger partial charge in [0.2, 0.25) is 0 Å². The molecular weight excluding hydrogens is 288 g/mol. The minimum Gasteiger partial charge on any atom is -0.444 e. The first kappa shape index (κ1) is 17.8. The van der Waals surface area contributed by atoms with Gasteiger partial charge in [0.05, 0.1) is 0 Å². The van der Waals surface area contributed by atoms with E-state index in [1.807, 2.05) is 30.3 Å². The molecule has 0 spiro atoms. The highest BCUT2D eigenvalue weighted by atomic mass is 16.7. The minimum atomic E-state index is -0.765. The van der Waals surface area contributed by atoms with Crippen LogP contribution in [-0.2, 0) is 20.9 Å². The molecule has 0 aliphatic carbocycles. The fourth-order valence-corrected chi connectivity index (χ4v) is 1.39. The highest BCUT2D eigenvalue weighted by Crippen LogP contribution is 2.06. The van der Waals surface area contributed by atoms with Gasteiger partial charge in [0, 0.05) is 0 Å². The van der Waals surface area contributed by atoms with Crippen molar-refractivity contribution < 1.29 is 23.9 Å². The van der Waals surface area contributed by atoms with E-state index in [0.717, 1.165) is 5.56 Å². The Labute approximate surface area is 129 Å². The third-order valence-corrected chi connectivity index (χ3v) is 2.25. The zero-order chi connectivity index (χ0) is 16.6. The Hall–Kier alpha value is -2.28. The molecule has 22 heavy (non-hydrogen) atoms. The zero-order valence-electron chi connectivity index (χ0n) is 13.2. The van der Waals surface area contributed by atoms with Crippen molar-refractivity contribution in [3.05, 3.63) is 35.9 Å². The molecule has 0 fully saturated rings. The Kier molecular flexibility index (Phi) is 6.65. The molecule has 1 aromatic rings. The fraction of sp³-hybridized carbons (Fsp3) is 0.467. The minimum absolute atomic E-state index is 0.129. The molecule has 0 radical (unpaired) electrons. The highest BCUT2D eigenvalue weighted by Gasteiger charge is 2.18. The summed E-state index contributed by atoms with van der Waals surface area (Å²) in [6.45, 7) is 6.91. The first-order chi connectivity index (χ1) is 10.3. The number of benzene rings is 1.